The number of alkyl halides is 2. The summed E-state index contributed by atoms with van der Waals surface area (Å²) in [5.41, 5.74) is 6.01. The van der Waals surface area contributed by atoms with Crippen molar-refractivity contribution in [3.63, 3.8) is 0 Å². The average molecular weight is 313 g/mol. The molecule has 0 aromatic heterocycles. The van der Waals surface area contributed by atoms with E-state index in [2.05, 4.69) is 0 Å². The van der Waals surface area contributed by atoms with E-state index in [0.29, 0.717) is 12.0 Å². The predicted octanol–water partition coefficient (Wildman–Crippen LogP) is 5.03. The van der Waals surface area contributed by atoms with Gasteiger partial charge < -0.3 is 5.73 Å². The van der Waals surface area contributed by atoms with Gasteiger partial charge in [-0.2, -0.15) is 0 Å². The Kier molecular flexibility index (Phi) is 5.42. The van der Waals surface area contributed by atoms with Gasteiger partial charge in [-0.05, 0) is 93.8 Å². The molecule has 1 nitrogen and oxygen atoms in total. The Morgan fingerprint density at radius 3 is 1.73 bits per heavy atom. The molecule has 0 aromatic carbocycles. The van der Waals surface area contributed by atoms with Crippen LogP contribution in [0.5, 0.6) is 0 Å². The Hall–Kier alpha value is -0.180. The zero-order chi connectivity index (χ0) is 15.7. The van der Waals surface area contributed by atoms with Crippen LogP contribution in [0.3, 0.4) is 0 Å². The Morgan fingerprint density at radius 1 is 0.636 bits per heavy atom. The molecule has 3 aliphatic rings. The van der Waals surface area contributed by atoms with Gasteiger partial charge in [0, 0.05) is 6.04 Å². The summed E-state index contributed by atoms with van der Waals surface area (Å²) in [6.45, 7) is 1.86. The summed E-state index contributed by atoms with van der Waals surface area (Å²) < 4.78 is 28.4. The fourth-order valence-corrected chi connectivity index (χ4v) is 5.48. The summed E-state index contributed by atoms with van der Waals surface area (Å²) in [5.74, 6) is 2.01. The first-order chi connectivity index (χ1) is 10.6. The van der Waals surface area contributed by atoms with Gasteiger partial charge in [0.2, 0.25) is 0 Å². The lowest BCUT2D eigenvalue weighted by Crippen LogP contribution is -2.41. The molecule has 0 bridgehead atoms. The van der Waals surface area contributed by atoms with Crippen molar-refractivity contribution in [1.29, 1.82) is 0 Å². The van der Waals surface area contributed by atoms with Gasteiger partial charge >= 0.3 is 0 Å². The van der Waals surface area contributed by atoms with Crippen molar-refractivity contribution in [1.82, 2.24) is 0 Å². The van der Waals surface area contributed by atoms with Crippen molar-refractivity contribution >= 4 is 0 Å². The predicted molar refractivity (Wildman–Crippen MR) is 87.1 cm³/mol. The van der Waals surface area contributed by atoms with Crippen molar-refractivity contribution < 1.29 is 8.78 Å². The summed E-state index contributed by atoms with van der Waals surface area (Å²) in [7, 11) is 0. The summed E-state index contributed by atoms with van der Waals surface area (Å²) >= 11 is 0. The van der Waals surface area contributed by atoms with Crippen LogP contribution in [-0.2, 0) is 0 Å². The van der Waals surface area contributed by atoms with Gasteiger partial charge in [0.1, 0.15) is 12.3 Å². The van der Waals surface area contributed by atoms with E-state index >= 15 is 0 Å². The van der Waals surface area contributed by atoms with E-state index in [1.54, 1.807) is 0 Å². The van der Waals surface area contributed by atoms with Gasteiger partial charge in [-0.15, -0.1) is 0 Å². The second-order valence-electron chi connectivity index (χ2n) is 8.46. The van der Waals surface area contributed by atoms with Crippen LogP contribution in [0.4, 0.5) is 8.78 Å². The number of hydrogen-bond donors (Lipinski definition) is 1. The molecule has 0 aliphatic heterocycles. The number of nitrogens with two attached hydrogens (primary N) is 1. The maximum atomic E-state index is 14.4. The first-order valence-electron chi connectivity index (χ1n) is 9.60. The highest BCUT2D eigenvalue weighted by molar-refractivity contribution is 4.92. The van der Waals surface area contributed by atoms with Crippen molar-refractivity contribution in [2.24, 2.45) is 35.3 Å². The zero-order valence-corrected chi connectivity index (χ0v) is 14.0. The minimum Gasteiger partial charge on any atom is -0.328 e. The van der Waals surface area contributed by atoms with Gasteiger partial charge in [-0.1, -0.05) is 6.92 Å². The lowest BCUT2D eigenvalue weighted by molar-refractivity contribution is -0.00974. The first-order valence-corrected chi connectivity index (χ1v) is 9.60. The Bertz CT molecular complexity index is 345. The largest absolute Gasteiger partial charge is 0.328 e. The van der Waals surface area contributed by atoms with E-state index in [-0.39, 0.29) is 11.8 Å². The molecule has 128 valence electrons. The van der Waals surface area contributed by atoms with E-state index in [4.69, 9.17) is 5.73 Å². The van der Waals surface area contributed by atoms with Crippen molar-refractivity contribution in [2.75, 3.05) is 0 Å². The van der Waals surface area contributed by atoms with Gasteiger partial charge in [-0.25, -0.2) is 8.78 Å². The smallest absolute Gasteiger partial charge is 0.134 e. The third kappa shape index (κ3) is 3.49. The van der Waals surface area contributed by atoms with Crippen LogP contribution < -0.4 is 5.73 Å². The van der Waals surface area contributed by atoms with Crippen molar-refractivity contribution in [3.05, 3.63) is 0 Å². The van der Waals surface area contributed by atoms with Gasteiger partial charge in [0.05, 0.1) is 0 Å². The molecule has 3 rings (SSSR count). The second-order valence-corrected chi connectivity index (χ2v) is 8.46. The lowest BCUT2D eigenvalue weighted by atomic mass is 9.65. The Morgan fingerprint density at radius 2 is 1.14 bits per heavy atom. The highest BCUT2D eigenvalue weighted by Crippen LogP contribution is 2.46. The van der Waals surface area contributed by atoms with Crippen LogP contribution >= 0.6 is 0 Å². The maximum absolute atomic E-state index is 14.4. The van der Waals surface area contributed by atoms with E-state index < -0.39 is 12.3 Å². The van der Waals surface area contributed by atoms with Crippen molar-refractivity contribution in [2.45, 2.75) is 89.5 Å². The quantitative estimate of drug-likeness (QED) is 0.760. The minimum atomic E-state index is -1.23. The van der Waals surface area contributed by atoms with Gasteiger partial charge in [-0.3, -0.25) is 0 Å². The molecule has 4 atom stereocenters. The van der Waals surface area contributed by atoms with E-state index in [0.717, 1.165) is 37.5 Å². The van der Waals surface area contributed by atoms with Crippen LogP contribution in [-0.4, -0.2) is 18.4 Å². The molecular formula is C19H33F2N. The molecule has 0 radical (unpaired) electrons. The Balaban J connectivity index is 1.49. The van der Waals surface area contributed by atoms with Crippen LogP contribution in [0.25, 0.3) is 0 Å². The molecule has 0 spiro atoms. The van der Waals surface area contributed by atoms with Crippen molar-refractivity contribution in [3.8, 4) is 0 Å². The number of rotatable bonds is 2. The van der Waals surface area contributed by atoms with E-state index in [9.17, 15) is 8.78 Å². The third-order valence-electron chi connectivity index (χ3n) is 7.12. The monoisotopic (exact) mass is 313 g/mol. The number of hydrogen-bond acceptors (Lipinski definition) is 1. The van der Waals surface area contributed by atoms with Gasteiger partial charge in [0.15, 0.2) is 0 Å². The fourth-order valence-electron chi connectivity index (χ4n) is 5.48. The SMILES string of the molecule is CC1CC[C@@H](C2CCC(C3CCC(N)CC3)CC2)C(F)C1F. The summed E-state index contributed by atoms with van der Waals surface area (Å²) in [4.78, 5) is 0. The molecular weight excluding hydrogens is 280 g/mol. The molecule has 0 saturated heterocycles. The van der Waals surface area contributed by atoms with Crippen LogP contribution in [0, 0.1) is 29.6 Å². The third-order valence-corrected chi connectivity index (χ3v) is 7.12. The molecule has 3 unspecified atom stereocenters. The summed E-state index contributed by atoms with van der Waals surface area (Å²) in [6.07, 6.45) is 8.99. The summed E-state index contributed by atoms with van der Waals surface area (Å²) in [6, 6.07) is 0.422. The molecule has 0 amide bonds. The standard InChI is InChI=1S/C19H33F2N/c1-12-2-11-17(19(21)18(12)20)15-5-3-13(4-6-15)14-7-9-16(22)10-8-14/h12-19H,2-11,22H2,1H3/t12?,13?,14?,15?,16?,17-,18?,19?/m0/s1. The van der Waals surface area contributed by atoms with Crippen LogP contribution in [0.15, 0.2) is 0 Å². The highest BCUT2D eigenvalue weighted by atomic mass is 19.2. The minimum absolute atomic E-state index is 0.00747. The van der Waals surface area contributed by atoms with E-state index in [1.807, 2.05) is 6.92 Å². The average Bonchev–Trinajstić information content (AvgIpc) is 2.54. The fraction of sp³-hybridized carbons (Fsp3) is 1.00. The zero-order valence-electron chi connectivity index (χ0n) is 14.0. The lowest BCUT2D eigenvalue weighted by Gasteiger charge is -2.42. The molecule has 3 fully saturated rings. The van der Waals surface area contributed by atoms with Gasteiger partial charge in [0.25, 0.3) is 0 Å². The number of halogens is 2. The van der Waals surface area contributed by atoms with Crippen LogP contribution in [0.2, 0.25) is 0 Å². The molecule has 3 saturated carbocycles. The topological polar surface area (TPSA) is 26.0 Å². The van der Waals surface area contributed by atoms with Crippen LogP contribution in [0.1, 0.15) is 71.1 Å². The molecule has 0 heterocycles. The first kappa shape index (κ1) is 16.7. The second kappa shape index (κ2) is 7.15. The Labute approximate surface area is 134 Å². The highest BCUT2D eigenvalue weighted by Gasteiger charge is 2.43. The molecule has 0 aromatic rings. The molecule has 2 N–H and O–H groups in total. The van der Waals surface area contributed by atoms with E-state index in [1.165, 1.54) is 38.5 Å². The molecule has 3 heteroatoms. The normalized spacial score (nSPS) is 50.7. The molecule has 3 aliphatic carbocycles. The molecule has 22 heavy (non-hydrogen) atoms. The summed E-state index contributed by atoms with van der Waals surface area (Å²) in [5, 5.41) is 0. The maximum Gasteiger partial charge on any atom is 0.134 e.